The van der Waals surface area contributed by atoms with E-state index in [2.05, 4.69) is 12.6 Å². The molecule has 7 heteroatoms. The molecule has 1 rings (SSSR count). The van der Waals surface area contributed by atoms with E-state index < -0.39 is 10.0 Å². The summed E-state index contributed by atoms with van der Waals surface area (Å²) in [5, 5.41) is 4.87. The van der Waals surface area contributed by atoms with Crippen molar-refractivity contribution in [1.29, 1.82) is 0 Å². The Bertz CT molecular complexity index is 405. The van der Waals surface area contributed by atoms with Crippen molar-refractivity contribution in [3.05, 3.63) is 18.2 Å². The molecule has 0 aliphatic rings. The molecule has 0 aromatic heterocycles. The first-order valence-electron chi connectivity index (χ1n) is 3.02. The molecule has 13 heavy (non-hydrogen) atoms. The van der Waals surface area contributed by atoms with Gasteiger partial charge in [0, 0.05) is 10.6 Å². The summed E-state index contributed by atoms with van der Waals surface area (Å²) in [6.45, 7) is 0. The Morgan fingerprint density at radius 2 is 1.85 bits per heavy atom. The number of hydrogen-bond acceptors (Lipinski definition) is 4. The van der Waals surface area contributed by atoms with E-state index in [0.29, 0.717) is 10.6 Å². The van der Waals surface area contributed by atoms with E-state index in [1.54, 1.807) is 0 Å². The number of anilines is 1. The van der Waals surface area contributed by atoms with Gasteiger partial charge in [0.1, 0.15) is 0 Å². The molecule has 4 N–H and O–H groups in total. The summed E-state index contributed by atoms with van der Waals surface area (Å²) >= 11 is 3.98. The molecule has 0 aliphatic heterocycles. The Balaban J connectivity index is 0.00000144. The van der Waals surface area contributed by atoms with Crippen molar-refractivity contribution in [2.45, 2.75) is 9.79 Å². The van der Waals surface area contributed by atoms with Gasteiger partial charge in [-0.2, -0.15) is 0 Å². The predicted octanol–water partition coefficient (Wildman–Crippen LogP) is -0.444. The van der Waals surface area contributed by atoms with Crippen molar-refractivity contribution in [2.24, 2.45) is 5.14 Å². The van der Waals surface area contributed by atoms with Crippen LogP contribution < -0.4 is 10.9 Å². The Kier molecular flexibility index (Phi) is 4.78. The summed E-state index contributed by atoms with van der Waals surface area (Å²) in [5.74, 6) is 0. The third kappa shape index (κ3) is 3.49. The zero-order chi connectivity index (χ0) is 9.35. The number of nitrogens with two attached hydrogens (primary N) is 2. The van der Waals surface area contributed by atoms with Crippen LogP contribution in [0.4, 0.5) is 5.69 Å². The number of primary sulfonamides is 1. The third-order valence-corrected chi connectivity index (χ3v) is 2.65. The van der Waals surface area contributed by atoms with Gasteiger partial charge in [0.15, 0.2) is 0 Å². The molecule has 68 valence electrons. The minimum absolute atomic E-state index is 0. The quantitative estimate of drug-likeness (QED) is 0.346. The van der Waals surface area contributed by atoms with Crippen LogP contribution >= 0.6 is 12.6 Å². The molecule has 0 fully saturated rings. The minimum atomic E-state index is -3.66. The maximum absolute atomic E-state index is 10.8. The molecule has 0 heterocycles. The first-order valence-corrected chi connectivity index (χ1v) is 5.02. The molecule has 0 atom stereocenters. The maximum atomic E-state index is 10.8. The number of sulfonamides is 1. The average Bonchev–Trinajstić information content (AvgIpc) is 1.92. The molecule has 1 aromatic carbocycles. The van der Waals surface area contributed by atoms with Crippen molar-refractivity contribution in [2.75, 3.05) is 5.73 Å². The van der Waals surface area contributed by atoms with E-state index in [9.17, 15) is 8.42 Å². The van der Waals surface area contributed by atoms with Crippen LogP contribution in [-0.4, -0.2) is 38.0 Å². The van der Waals surface area contributed by atoms with Gasteiger partial charge in [0.25, 0.3) is 0 Å². The van der Waals surface area contributed by atoms with Crippen LogP contribution in [-0.2, 0) is 10.0 Å². The Morgan fingerprint density at radius 3 is 2.23 bits per heavy atom. The van der Waals surface area contributed by atoms with Crippen LogP contribution in [0.2, 0.25) is 0 Å². The summed E-state index contributed by atoms with van der Waals surface area (Å²) in [6.07, 6.45) is 0. The van der Waals surface area contributed by atoms with E-state index in [0.717, 1.165) is 0 Å². The van der Waals surface area contributed by atoms with E-state index in [1.165, 1.54) is 18.2 Å². The molecular weight excluding hydrogens is 219 g/mol. The fraction of sp³-hybridized carbons (Fsp3) is 0. The van der Waals surface area contributed by atoms with E-state index >= 15 is 0 Å². The first-order chi connectivity index (χ1) is 5.41. The summed E-state index contributed by atoms with van der Waals surface area (Å²) in [4.78, 5) is 0.528. The second-order valence-corrected chi connectivity index (χ2v) is 4.31. The van der Waals surface area contributed by atoms with Crippen LogP contribution in [0.1, 0.15) is 0 Å². The monoisotopic (exact) mass is 228 g/mol. The Labute approximate surface area is 104 Å². The number of rotatable bonds is 1. The van der Waals surface area contributed by atoms with Crippen LogP contribution in [0.3, 0.4) is 0 Å². The molecule has 0 radical (unpaired) electrons. The Morgan fingerprint density at radius 1 is 1.31 bits per heavy atom. The SMILES string of the molecule is Nc1cc(S(N)(=O)=O)ccc1S.[NaH]. The summed E-state index contributed by atoms with van der Waals surface area (Å²) < 4.78 is 21.6. The first kappa shape index (κ1) is 13.3. The van der Waals surface area contributed by atoms with Gasteiger partial charge in [0.2, 0.25) is 10.0 Å². The van der Waals surface area contributed by atoms with Gasteiger partial charge >= 0.3 is 29.6 Å². The van der Waals surface area contributed by atoms with E-state index in [-0.39, 0.29) is 34.5 Å². The molecule has 0 spiro atoms. The summed E-state index contributed by atoms with van der Waals surface area (Å²) in [6, 6.07) is 4.11. The molecule has 4 nitrogen and oxygen atoms in total. The normalized spacial score (nSPS) is 10.6. The molecular formula is C6H9N2NaO2S2. The van der Waals surface area contributed by atoms with E-state index in [4.69, 9.17) is 10.9 Å². The van der Waals surface area contributed by atoms with Gasteiger partial charge in [-0.1, -0.05) is 0 Å². The van der Waals surface area contributed by atoms with Crippen LogP contribution in [0.25, 0.3) is 0 Å². The van der Waals surface area contributed by atoms with Crippen LogP contribution in [0.5, 0.6) is 0 Å². The number of nitrogen functional groups attached to an aromatic ring is 1. The third-order valence-electron chi connectivity index (χ3n) is 1.33. The van der Waals surface area contributed by atoms with Crippen LogP contribution in [0, 0.1) is 0 Å². The molecule has 0 saturated carbocycles. The molecule has 0 bridgehead atoms. The van der Waals surface area contributed by atoms with Crippen molar-refractivity contribution >= 4 is 57.9 Å². The van der Waals surface area contributed by atoms with Gasteiger partial charge in [-0.3, -0.25) is 0 Å². The summed E-state index contributed by atoms with van der Waals surface area (Å²) in [5.41, 5.74) is 5.72. The number of benzene rings is 1. The molecule has 0 unspecified atom stereocenters. The Hall–Kier alpha value is 0.280. The van der Waals surface area contributed by atoms with Gasteiger partial charge in [0.05, 0.1) is 4.90 Å². The van der Waals surface area contributed by atoms with Crippen LogP contribution in [0.15, 0.2) is 28.0 Å². The van der Waals surface area contributed by atoms with Crippen molar-refractivity contribution < 1.29 is 8.42 Å². The van der Waals surface area contributed by atoms with Crippen molar-refractivity contribution in [1.82, 2.24) is 0 Å². The van der Waals surface area contributed by atoms with Gasteiger partial charge < -0.3 is 5.73 Å². The zero-order valence-corrected chi connectivity index (χ0v) is 7.77. The molecule has 0 aliphatic carbocycles. The zero-order valence-electron chi connectivity index (χ0n) is 6.06. The van der Waals surface area contributed by atoms with Gasteiger partial charge in [-0.05, 0) is 18.2 Å². The second-order valence-electron chi connectivity index (χ2n) is 2.27. The van der Waals surface area contributed by atoms with Crippen molar-refractivity contribution in [3.63, 3.8) is 0 Å². The number of thiol groups is 1. The predicted molar refractivity (Wildman–Crippen MR) is 56.6 cm³/mol. The fourth-order valence-corrected chi connectivity index (χ4v) is 1.40. The van der Waals surface area contributed by atoms with Gasteiger partial charge in [-0.25, -0.2) is 13.6 Å². The topological polar surface area (TPSA) is 86.2 Å². The molecule has 0 saturated heterocycles. The average molecular weight is 228 g/mol. The molecule has 1 aromatic rings. The van der Waals surface area contributed by atoms with E-state index in [1.807, 2.05) is 0 Å². The number of hydrogen-bond donors (Lipinski definition) is 3. The van der Waals surface area contributed by atoms with Gasteiger partial charge in [-0.15, -0.1) is 12.6 Å². The summed E-state index contributed by atoms with van der Waals surface area (Å²) in [7, 11) is -3.66. The standard InChI is InChI=1S/C6H8N2O2S2.Na.H/c7-5-3-4(12(8,9)10)1-2-6(5)11;;/h1-3,11H,7H2,(H2,8,9,10);;. The fourth-order valence-electron chi connectivity index (χ4n) is 0.710. The molecule has 0 amide bonds. The van der Waals surface area contributed by atoms with Crippen molar-refractivity contribution in [3.8, 4) is 0 Å². The second kappa shape index (κ2) is 4.68.